The first-order chi connectivity index (χ1) is 14.1. The molecule has 0 saturated heterocycles. The van der Waals surface area contributed by atoms with E-state index in [1.807, 2.05) is 0 Å². The van der Waals surface area contributed by atoms with Crippen molar-refractivity contribution in [2.24, 2.45) is 5.92 Å². The maximum absolute atomic E-state index is 12.7. The Bertz CT molecular complexity index is 982. The van der Waals surface area contributed by atoms with Crippen LogP contribution in [-0.2, 0) is 26.6 Å². The number of nitrogens with zero attached hydrogens (tertiary/aromatic N) is 2. The van der Waals surface area contributed by atoms with Crippen LogP contribution in [0.3, 0.4) is 0 Å². The normalized spacial score (nSPS) is 15.7. The molecule has 1 amide bonds. The molecule has 1 fully saturated rings. The molecule has 1 aliphatic rings. The topological polar surface area (TPSA) is 67.3 Å². The second-order valence-corrected chi connectivity index (χ2v) is 9.53. The number of sulfone groups is 1. The smallest absolute Gasteiger partial charge is 0.300 e. The average molecular weight is 440 g/mol. The average Bonchev–Trinajstić information content (AvgIpc) is 2.73. The lowest BCUT2D eigenvalue weighted by molar-refractivity contribution is -0.137. The van der Waals surface area contributed by atoms with Gasteiger partial charge < -0.3 is 0 Å². The van der Waals surface area contributed by atoms with Crippen LogP contribution in [0.5, 0.6) is 0 Å². The van der Waals surface area contributed by atoms with Crippen LogP contribution in [0.2, 0.25) is 0 Å². The van der Waals surface area contributed by atoms with E-state index in [0.29, 0.717) is 11.4 Å². The molecule has 5 nitrogen and oxygen atoms in total. The van der Waals surface area contributed by atoms with Gasteiger partial charge in [0.2, 0.25) is 5.91 Å². The Balaban J connectivity index is 1.69. The van der Waals surface area contributed by atoms with Crippen LogP contribution in [0, 0.1) is 5.92 Å². The van der Waals surface area contributed by atoms with Crippen LogP contribution in [0.15, 0.2) is 47.5 Å². The monoisotopic (exact) mass is 440 g/mol. The van der Waals surface area contributed by atoms with Gasteiger partial charge in [0.15, 0.2) is 9.84 Å². The van der Waals surface area contributed by atoms with Gasteiger partial charge in [-0.05, 0) is 48.7 Å². The Kier molecular flexibility index (Phi) is 6.50. The quantitative estimate of drug-likeness (QED) is 0.681. The zero-order valence-electron chi connectivity index (χ0n) is 16.5. The van der Waals surface area contributed by atoms with Gasteiger partial charge in [0, 0.05) is 19.2 Å². The highest BCUT2D eigenvalue weighted by atomic mass is 32.2. The number of pyridine rings is 1. The predicted molar refractivity (Wildman–Crippen MR) is 107 cm³/mol. The number of carbonyl (C=O) groups excluding carboxylic acids is 1. The SMILES string of the molecule is CN(C(=O)C1CCCCC1)c1ccc(CS(=O)(=O)c2ccc(C(F)(F)F)cc2)cn1. The van der Waals surface area contributed by atoms with Gasteiger partial charge in [-0.3, -0.25) is 9.69 Å². The first-order valence-electron chi connectivity index (χ1n) is 9.70. The van der Waals surface area contributed by atoms with Crippen LogP contribution < -0.4 is 4.90 Å². The standard InChI is InChI=1S/C21H23F3N2O3S/c1-26(20(27)16-5-3-2-4-6-16)19-12-7-15(13-25-19)14-30(28,29)18-10-8-17(9-11-18)21(22,23)24/h7-13,16H,2-6,14H2,1H3. The summed E-state index contributed by atoms with van der Waals surface area (Å²) in [5, 5.41) is 0. The zero-order valence-corrected chi connectivity index (χ0v) is 17.3. The first kappa shape index (κ1) is 22.3. The van der Waals surface area contributed by atoms with E-state index in [1.54, 1.807) is 19.2 Å². The number of aromatic nitrogens is 1. The van der Waals surface area contributed by atoms with Gasteiger partial charge in [-0.2, -0.15) is 13.2 Å². The maximum Gasteiger partial charge on any atom is 0.416 e. The molecule has 0 atom stereocenters. The van der Waals surface area contributed by atoms with E-state index < -0.39 is 27.3 Å². The van der Waals surface area contributed by atoms with Crippen LogP contribution >= 0.6 is 0 Å². The number of alkyl halides is 3. The second kappa shape index (κ2) is 8.75. The Morgan fingerprint density at radius 2 is 1.70 bits per heavy atom. The predicted octanol–water partition coefficient (Wildman–Crippen LogP) is 4.62. The first-order valence-corrected chi connectivity index (χ1v) is 11.4. The lowest BCUT2D eigenvalue weighted by Crippen LogP contribution is -2.34. The number of anilines is 1. The molecule has 0 unspecified atom stereocenters. The molecule has 0 aliphatic heterocycles. The zero-order chi connectivity index (χ0) is 21.9. The van der Waals surface area contributed by atoms with Crippen molar-refractivity contribution in [2.45, 2.75) is 48.9 Å². The summed E-state index contributed by atoms with van der Waals surface area (Å²) in [4.78, 5) is 18.1. The van der Waals surface area contributed by atoms with Crippen molar-refractivity contribution in [3.8, 4) is 0 Å². The van der Waals surface area contributed by atoms with Gasteiger partial charge in [-0.15, -0.1) is 0 Å². The molecule has 0 bridgehead atoms. The number of carbonyl (C=O) groups is 1. The summed E-state index contributed by atoms with van der Waals surface area (Å²) >= 11 is 0. The molecular formula is C21H23F3N2O3S. The van der Waals surface area contributed by atoms with Gasteiger partial charge in [0.1, 0.15) is 5.82 Å². The number of rotatable bonds is 5. The highest BCUT2D eigenvalue weighted by Gasteiger charge is 2.30. The van der Waals surface area contributed by atoms with Crippen molar-refractivity contribution in [3.63, 3.8) is 0 Å². The number of hydrogen-bond donors (Lipinski definition) is 0. The second-order valence-electron chi connectivity index (χ2n) is 7.54. The number of hydrogen-bond acceptors (Lipinski definition) is 4. The molecule has 1 saturated carbocycles. The van der Waals surface area contributed by atoms with Crippen molar-refractivity contribution in [2.75, 3.05) is 11.9 Å². The fourth-order valence-electron chi connectivity index (χ4n) is 3.59. The van der Waals surface area contributed by atoms with Crippen molar-refractivity contribution in [1.82, 2.24) is 4.98 Å². The van der Waals surface area contributed by atoms with Gasteiger partial charge in [-0.25, -0.2) is 13.4 Å². The molecule has 9 heteroatoms. The largest absolute Gasteiger partial charge is 0.416 e. The number of halogens is 3. The lowest BCUT2D eigenvalue weighted by Gasteiger charge is -2.25. The molecule has 0 spiro atoms. The Morgan fingerprint density at radius 1 is 1.07 bits per heavy atom. The molecule has 1 aromatic carbocycles. The molecule has 30 heavy (non-hydrogen) atoms. The molecule has 1 aliphatic carbocycles. The Labute approximate surface area is 173 Å². The van der Waals surface area contributed by atoms with Crippen molar-refractivity contribution in [3.05, 3.63) is 53.7 Å². The molecule has 162 valence electrons. The van der Waals surface area contributed by atoms with E-state index in [-0.39, 0.29) is 16.7 Å². The van der Waals surface area contributed by atoms with Gasteiger partial charge in [0.25, 0.3) is 0 Å². The van der Waals surface area contributed by atoms with Crippen molar-refractivity contribution >= 4 is 21.6 Å². The molecule has 2 aromatic rings. The molecular weight excluding hydrogens is 417 g/mol. The van der Waals surface area contributed by atoms with Gasteiger partial charge >= 0.3 is 6.18 Å². The third kappa shape index (κ3) is 5.19. The minimum absolute atomic E-state index is 0.00678. The van der Waals surface area contributed by atoms with Crippen LogP contribution in [0.1, 0.15) is 43.2 Å². The minimum atomic E-state index is -4.52. The summed E-state index contributed by atoms with van der Waals surface area (Å²) in [5.74, 6) is 0.0326. The lowest BCUT2D eigenvalue weighted by atomic mass is 9.88. The molecule has 0 radical (unpaired) electrons. The van der Waals surface area contributed by atoms with E-state index in [9.17, 15) is 26.4 Å². The maximum atomic E-state index is 12.7. The molecule has 1 aromatic heterocycles. The Hall–Kier alpha value is -2.42. The van der Waals surface area contributed by atoms with Gasteiger partial charge in [-0.1, -0.05) is 25.3 Å². The van der Waals surface area contributed by atoms with Gasteiger partial charge in [0.05, 0.1) is 16.2 Å². The molecule has 1 heterocycles. The van der Waals surface area contributed by atoms with E-state index in [4.69, 9.17) is 0 Å². The van der Waals surface area contributed by atoms with Crippen molar-refractivity contribution in [1.29, 1.82) is 0 Å². The minimum Gasteiger partial charge on any atom is -0.300 e. The molecule has 3 rings (SSSR count). The number of amides is 1. The summed E-state index contributed by atoms with van der Waals surface area (Å²) in [6.45, 7) is 0. The molecule has 0 N–H and O–H groups in total. The Morgan fingerprint density at radius 3 is 2.23 bits per heavy atom. The fourth-order valence-corrected chi connectivity index (χ4v) is 4.92. The van der Waals surface area contributed by atoms with Crippen LogP contribution in [0.4, 0.5) is 19.0 Å². The summed E-state index contributed by atoms with van der Waals surface area (Å²) in [6.07, 6.45) is 1.81. The van der Waals surface area contributed by atoms with Crippen LogP contribution in [0.25, 0.3) is 0 Å². The van der Waals surface area contributed by atoms with E-state index in [2.05, 4.69) is 4.98 Å². The summed E-state index contributed by atoms with van der Waals surface area (Å²) in [6, 6.07) is 6.56. The number of benzene rings is 1. The van der Waals surface area contributed by atoms with Crippen LogP contribution in [-0.4, -0.2) is 26.4 Å². The third-order valence-corrected chi connectivity index (χ3v) is 7.04. The highest BCUT2D eigenvalue weighted by molar-refractivity contribution is 7.90. The van der Waals surface area contributed by atoms with E-state index in [1.165, 1.54) is 11.1 Å². The summed E-state index contributed by atoms with van der Waals surface area (Å²) in [7, 11) is -2.18. The summed E-state index contributed by atoms with van der Waals surface area (Å²) in [5.41, 5.74) is -0.518. The fraction of sp³-hybridized carbons (Fsp3) is 0.429. The third-order valence-electron chi connectivity index (χ3n) is 5.34. The van der Waals surface area contributed by atoms with E-state index >= 15 is 0 Å². The van der Waals surface area contributed by atoms with E-state index in [0.717, 1.165) is 56.4 Å². The van der Waals surface area contributed by atoms with Crippen molar-refractivity contribution < 1.29 is 26.4 Å². The summed E-state index contributed by atoms with van der Waals surface area (Å²) < 4.78 is 63.0. The highest BCUT2D eigenvalue weighted by Crippen LogP contribution is 2.30.